The van der Waals surface area contributed by atoms with E-state index in [2.05, 4.69) is 10.3 Å². The molecule has 0 spiro atoms. The van der Waals surface area contributed by atoms with Crippen LogP contribution < -0.4 is 11.1 Å². The van der Waals surface area contributed by atoms with Gasteiger partial charge < -0.3 is 10.6 Å². The highest BCUT2D eigenvalue weighted by molar-refractivity contribution is 6.06. The number of halogens is 4. The number of imide groups is 1. The summed E-state index contributed by atoms with van der Waals surface area (Å²) in [5.41, 5.74) is 3.78. The van der Waals surface area contributed by atoms with Gasteiger partial charge in [0.15, 0.2) is 0 Å². The van der Waals surface area contributed by atoms with Crippen molar-refractivity contribution in [2.24, 2.45) is 0 Å². The van der Waals surface area contributed by atoms with E-state index in [0.29, 0.717) is 12.1 Å². The van der Waals surface area contributed by atoms with Gasteiger partial charge in [-0.05, 0) is 37.6 Å². The van der Waals surface area contributed by atoms with Gasteiger partial charge in [-0.2, -0.15) is 13.2 Å². The summed E-state index contributed by atoms with van der Waals surface area (Å²) in [7, 11) is 0. The predicted octanol–water partition coefficient (Wildman–Crippen LogP) is 2.81. The summed E-state index contributed by atoms with van der Waals surface area (Å²) in [6.45, 7) is 1.51. The van der Waals surface area contributed by atoms with Gasteiger partial charge in [-0.15, -0.1) is 0 Å². The highest BCUT2D eigenvalue weighted by atomic mass is 19.4. The van der Waals surface area contributed by atoms with Crippen molar-refractivity contribution in [3.8, 4) is 11.3 Å². The van der Waals surface area contributed by atoms with Gasteiger partial charge in [0, 0.05) is 23.1 Å². The minimum absolute atomic E-state index is 0.00148. The third-order valence-corrected chi connectivity index (χ3v) is 5.47. The Morgan fingerprint density at radius 1 is 1.16 bits per heavy atom. The van der Waals surface area contributed by atoms with Crippen LogP contribution in [0, 0.1) is 5.82 Å². The first-order valence-corrected chi connectivity index (χ1v) is 9.33. The van der Waals surface area contributed by atoms with Crippen LogP contribution in [-0.2, 0) is 15.8 Å². The molecule has 2 aliphatic heterocycles. The van der Waals surface area contributed by atoms with Gasteiger partial charge in [0.25, 0.3) is 5.91 Å². The Bertz CT molecular complexity index is 1130. The Hall–Kier alpha value is -3.50. The van der Waals surface area contributed by atoms with Crippen molar-refractivity contribution >= 4 is 23.5 Å². The first-order chi connectivity index (χ1) is 14.5. The zero-order valence-corrected chi connectivity index (χ0v) is 16.1. The largest absolute Gasteiger partial charge is 0.416 e. The second-order valence-electron chi connectivity index (χ2n) is 7.41. The molecule has 3 amide bonds. The lowest BCUT2D eigenvalue weighted by Gasteiger charge is -2.32. The topological polar surface area (TPSA) is 105 Å². The molecular weight excluding hydrogens is 420 g/mol. The van der Waals surface area contributed by atoms with Crippen molar-refractivity contribution in [2.45, 2.75) is 38.0 Å². The molecule has 2 unspecified atom stereocenters. The molecule has 2 aliphatic rings. The van der Waals surface area contributed by atoms with Gasteiger partial charge in [0.2, 0.25) is 11.8 Å². The maximum atomic E-state index is 15.4. The summed E-state index contributed by atoms with van der Waals surface area (Å²) < 4.78 is 54.8. The fourth-order valence-electron chi connectivity index (χ4n) is 4.05. The third kappa shape index (κ3) is 3.39. The Kier molecular flexibility index (Phi) is 4.71. The summed E-state index contributed by atoms with van der Waals surface area (Å²) >= 11 is 0. The summed E-state index contributed by atoms with van der Waals surface area (Å²) in [5, 5.41) is 2.16. The molecule has 0 aliphatic carbocycles. The second kappa shape index (κ2) is 7.03. The van der Waals surface area contributed by atoms with Gasteiger partial charge in [0.1, 0.15) is 17.7 Å². The monoisotopic (exact) mass is 436 g/mol. The standard InChI is InChI=1S/C20H16F4N4O3/c1-8-16-11(19(31)28(8)13-4-5-15(29)27-18(13)30)3-2-10(17(16)21)12-6-9(20(22,23)24)7-14(25)26-12/h2-3,6-8,13H,4-5H2,1H3,(H2,25,26)(H,27,29,30). The lowest BCUT2D eigenvalue weighted by molar-refractivity contribution is -0.138. The van der Waals surface area contributed by atoms with E-state index < -0.39 is 53.2 Å². The molecule has 0 saturated carbocycles. The Morgan fingerprint density at radius 2 is 1.84 bits per heavy atom. The number of hydrogen-bond acceptors (Lipinski definition) is 5. The molecule has 3 N–H and O–H groups in total. The molecule has 1 saturated heterocycles. The average molecular weight is 436 g/mol. The lowest BCUT2D eigenvalue weighted by atomic mass is 9.98. The van der Waals surface area contributed by atoms with Crippen LogP contribution in [0.15, 0.2) is 24.3 Å². The average Bonchev–Trinajstić information content (AvgIpc) is 2.92. The number of pyridine rings is 1. The smallest absolute Gasteiger partial charge is 0.384 e. The molecule has 1 fully saturated rings. The summed E-state index contributed by atoms with van der Waals surface area (Å²) in [4.78, 5) is 41.5. The Labute approximate surface area is 173 Å². The van der Waals surface area contributed by atoms with Crippen LogP contribution in [0.25, 0.3) is 11.3 Å². The van der Waals surface area contributed by atoms with Crippen molar-refractivity contribution in [3.63, 3.8) is 0 Å². The van der Waals surface area contributed by atoms with Crippen LogP contribution in [-0.4, -0.2) is 33.6 Å². The van der Waals surface area contributed by atoms with Gasteiger partial charge >= 0.3 is 6.18 Å². The fourth-order valence-corrected chi connectivity index (χ4v) is 4.05. The summed E-state index contributed by atoms with van der Waals surface area (Å²) in [6, 6.07) is 1.93. The molecule has 0 radical (unpaired) electrons. The van der Waals surface area contributed by atoms with Gasteiger partial charge in [-0.1, -0.05) is 0 Å². The maximum Gasteiger partial charge on any atom is 0.416 e. The molecule has 2 atom stereocenters. The van der Waals surface area contributed by atoms with Gasteiger partial charge in [-0.25, -0.2) is 9.37 Å². The minimum Gasteiger partial charge on any atom is -0.384 e. The number of piperidine rings is 1. The van der Waals surface area contributed by atoms with Crippen LogP contribution >= 0.6 is 0 Å². The number of nitrogens with two attached hydrogens (primary N) is 1. The number of benzene rings is 1. The number of nitrogen functional groups attached to an aromatic ring is 1. The number of alkyl halides is 3. The van der Waals surface area contributed by atoms with Gasteiger partial charge in [0.05, 0.1) is 17.3 Å². The van der Waals surface area contributed by atoms with Gasteiger partial charge in [-0.3, -0.25) is 19.7 Å². The van der Waals surface area contributed by atoms with Crippen LogP contribution in [0.4, 0.5) is 23.4 Å². The number of amides is 3. The maximum absolute atomic E-state index is 15.4. The molecular formula is C20H16F4N4O3. The number of anilines is 1. The van der Waals surface area contributed by atoms with E-state index >= 15 is 4.39 Å². The molecule has 7 nitrogen and oxygen atoms in total. The SMILES string of the molecule is CC1c2c(ccc(-c3cc(C(F)(F)F)cc(N)n3)c2F)C(=O)N1C1CCC(=O)NC1=O. The molecule has 1 aromatic heterocycles. The zero-order chi connectivity index (χ0) is 22.7. The number of rotatable bonds is 2. The highest BCUT2D eigenvalue weighted by Gasteiger charge is 2.45. The number of nitrogens with one attached hydrogen (secondary N) is 1. The van der Waals surface area contributed by atoms with E-state index in [9.17, 15) is 27.6 Å². The summed E-state index contributed by atoms with van der Waals surface area (Å²) in [6.07, 6.45) is -4.58. The molecule has 11 heteroatoms. The van der Waals surface area contributed by atoms with E-state index in [-0.39, 0.29) is 35.2 Å². The number of nitrogens with zero attached hydrogens (tertiary/aromatic N) is 2. The molecule has 2 aromatic rings. The third-order valence-electron chi connectivity index (χ3n) is 5.47. The molecule has 0 bridgehead atoms. The number of fused-ring (bicyclic) bond motifs is 1. The molecule has 4 rings (SSSR count). The van der Waals surface area contributed by atoms with Crippen molar-refractivity contribution in [1.29, 1.82) is 0 Å². The predicted molar refractivity (Wildman–Crippen MR) is 99.8 cm³/mol. The van der Waals surface area contributed by atoms with Crippen LogP contribution in [0.1, 0.15) is 47.3 Å². The first kappa shape index (κ1) is 20.8. The normalized spacial score (nSPS) is 21.3. The Morgan fingerprint density at radius 3 is 2.48 bits per heavy atom. The number of hydrogen-bond donors (Lipinski definition) is 2. The van der Waals surface area contributed by atoms with E-state index in [4.69, 9.17) is 5.73 Å². The van der Waals surface area contributed by atoms with E-state index in [1.54, 1.807) is 0 Å². The second-order valence-corrected chi connectivity index (χ2v) is 7.41. The molecule has 3 heterocycles. The van der Waals surface area contributed by atoms with Crippen molar-refractivity contribution in [1.82, 2.24) is 15.2 Å². The van der Waals surface area contributed by atoms with Crippen molar-refractivity contribution in [3.05, 3.63) is 46.8 Å². The molecule has 31 heavy (non-hydrogen) atoms. The van der Waals surface area contributed by atoms with Crippen LogP contribution in [0.5, 0.6) is 0 Å². The lowest BCUT2D eigenvalue weighted by Crippen LogP contribution is -2.53. The number of carbonyl (C=O) groups excluding carboxylic acids is 3. The Balaban J connectivity index is 1.77. The van der Waals surface area contributed by atoms with E-state index in [0.717, 1.165) is 6.07 Å². The van der Waals surface area contributed by atoms with E-state index in [1.807, 2.05) is 0 Å². The van der Waals surface area contributed by atoms with Crippen molar-refractivity contribution in [2.75, 3.05) is 5.73 Å². The van der Waals surface area contributed by atoms with Crippen LogP contribution in [0.2, 0.25) is 0 Å². The number of aromatic nitrogens is 1. The van der Waals surface area contributed by atoms with Crippen LogP contribution in [0.3, 0.4) is 0 Å². The van der Waals surface area contributed by atoms with Crippen molar-refractivity contribution < 1.29 is 31.9 Å². The summed E-state index contributed by atoms with van der Waals surface area (Å²) in [5.74, 6) is -3.06. The fraction of sp³-hybridized carbons (Fsp3) is 0.300. The molecule has 162 valence electrons. The molecule has 1 aromatic carbocycles. The minimum atomic E-state index is -4.70. The first-order valence-electron chi connectivity index (χ1n) is 9.33. The quantitative estimate of drug-likeness (QED) is 0.557. The zero-order valence-electron chi connectivity index (χ0n) is 16.1. The highest BCUT2D eigenvalue weighted by Crippen LogP contribution is 2.41. The van der Waals surface area contributed by atoms with E-state index in [1.165, 1.54) is 17.9 Å². The number of carbonyl (C=O) groups is 3.